The molecule has 158 valence electrons. The van der Waals surface area contributed by atoms with Gasteiger partial charge in [0.1, 0.15) is 11.0 Å². The lowest BCUT2D eigenvalue weighted by Gasteiger charge is -2.28. The van der Waals surface area contributed by atoms with Crippen LogP contribution in [0.15, 0.2) is 41.3 Å². The van der Waals surface area contributed by atoms with Crippen molar-refractivity contribution in [3.8, 4) is 6.01 Å². The number of para-hydroxylation sites is 1. The van der Waals surface area contributed by atoms with Crippen molar-refractivity contribution in [1.29, 1.82) is 0 Å². The maximum atomic E-state index is 13.1. The number of pyridine rings is 1. The number of fused-ring (bicyclic) bond motifs is 1. The molecule has 1 aliphatic carbocycles. The van der Waals surface area contributed by atoms with Crippen LogP contribution in [0.5, 0.6) is 6.01 Å². The van der Waals surface area contributed by atoms with Crippen LogP contribution in [-0.4, -0.2) is 35.5 Å². The van der Waals surface area contributed by atoms with Crippen LogP contribution in [0.4, 0.5) is 0 Å². The molecule has 1 fully saturated rings. The molecule has 0 spiro atoms. The van der Waals surface area contributed by atoms with Gasteiger partial charge in [-0.15, -0.1) is 0 Å². The summed E-state index contributed by atoms with van der Waals surface area (Å²) >= 11 is 0. The second-order valence-corrected chi connectivity index (χ2v) is 9.61. The number of hydrogen-bond acceptors (Lipinski definition) is 6. The van der Waals surface area contributed by atoms with Crippen LogP contribution in [0.25, 0.3) is 10.9 Å². The van der Waals surface area contributed by atoms with E-state index in [0.717, 1.165) is 35.3 Å². The van der Waals surface area contributed by atoms with Crippen LogP contribution >= 0.6 is 0 Å². The Bertz CT molecular complexity index is 1150. The topological polar surface area (TPSA) is 94.1 Å². The molecule has 2 aromatic heterocycles. The summed E-state index contributed by atoms with van der Waals surface area (Å²) in [6.07, 6.45) is 2.89. The van der Waals surface area contributed by atoms with Crippen molar-refractivity contribution in [2.24, 2.45) is 0 Å². The standard InChI is InChI=1S/C22H26N4O3S/c1-14-7-8-17-5-4-6-20(21(17)23-14)30(27,28)26-18-9-11-19(12-10-18)29-22-24-15(2)13-16(3)25-22/h4-8,13,18-19,26H,9-12H2,1-3H3. The fourth-order valence-corrected chi connectivity index (χ4v) is 5.39. The molecule has 0 unspecified atom stereocenters. The zero-order valence-electron chi connectivity index (χ0n) is 17.4. The van der Waals surface area contributed by atoms with Gasteiger partial charge in [0.2, 0.25) is 10.0 Å². The van der Waals surface area contributed by atoms with Crippen molar-refractivity contribution in [3.63, 3.8) is 0 Å². The van der Waals surface area contributed by atoms with Crippen molar-refractivity contribution in [2.45, 2.75) is 63.5 Å². The quantitative estimate of drug-likeness (QED) is 0.670. The summed E-state index contributed by atoms with van der Waals surface area (Å²) in [5.74, 6) is 0. The van der Waals surface area contributed by atoms with E-state index in [2.05, 4.69) is 19.7 Å². The van der Waals surface area contributed by atoms with Crippen LogP contribution in [0.1, 0.15) is 42.8 Å². The van der Waals surface area contributed by atoms with E-state index < -0.39 is 10.0 Å². The Morgan fingerprint density at radius 2 is 1.60 bits per heavy atom. The molecule has 0 amide bonds. The predicted molar refractivity (Wildman–Crippen MR) is 115 cm³/mol. The van der Waals surface area contributed by atoms with Crippen LogP contribution in [0, 0.1) is 20.8 Å². The first-order valence-electron chi connectivity index (χ1n) is 10.2. The number of aryl methyl sites for hydroxylation is 3. The van der Waals surface area contributed by atoms with Gasteiger partial charge in [-0.25, -0.2) is 23.1 Å². The van der Waals surface area contributed by atoms with E-state index in [1.54, 1.807) is 12.1 Å². The Morgan fingerprint density at radius 3 is 2.30 bits per heavy atom. The zero-order valence-corrected chi connectivity index (χ0v) is 18.2. The van der Waals surface area contributed by atoms with Gasteiger partial charge in [-0.2, -0.15) is 0 Å². The van der Waals surface area contributed by atoms with Gasteiger partial charge < -0.3 is 4.74 Å². The summed E-state index contributed by atoms with van der Waals surface area (Å²) in [4.78, 5) is 13.3. The third kappa shape index (κ3) is 4.60. The monoisotopic (exact) mass is 426 g/mol. The van der Waals surface area contributed by atoms with Crippen LogP contribution in [-0.2, 0) is 10.0 Å². The number of nitrogens with zero attached hydrogens (tertiary/aromatic N) is 3. The molecular weight excluding hydrogens is 400 g/mol. The smallest absolute Gasteiger partial charge is 0.317 e. The molecule has 1 aliphatic rings. The van der Waals surface area contributed by atoms with Crippen molar-refractivity contribution >= 4 is 20.9 Å². The largest absolute Gasteiger partial charge is 0.460 e. The second-order valence-electron chi connectivity index (χ2n) is 7.93. The molecule has 7 nitrogen and oxygen atoms in total. The lowest BCUT2D eigenvalue weighted by Crippen LogP contribution is -2.39. The highest BCUT2D eigenvalue weighted by atomic mass is 32.2. The Balaban J connectivity index is 1.43. The van der Waals surface area contributed by atoms with Gasteiger partial charge in [0.25, 0.3) is 0 Å². The first kappa shape index (κ1) is 20.7. The van der Waals surface area contributed by atoms with E-state index >= 15 is 0 Å². The average Bonchev–Trinajstić information content (AvgIpc) is 2.68. The second kappa shape index (κ2) is 8.28. The van der Waals surface area contributed by atoms with E-state index in [4.69, 9.17) is 4.74 Å². The molecule has 4 rings (SSSR count). The fraction of sp³-hybridized carbons (Fsp3) is 0.409. The van der Waals surface area contributed by atoms with Gasteiger partial charge >= 0.3 is 6.01 Å². The third-order valence-electron chi connectivity index (χ3n) is 5.34. The Labute approximate surface area is 177 Å². The molecule has 0 saturated heterocycles. The van der Waals surface area contributed by atoms with Crippen LogP contribution in [0.2, 0.25) is 0 Å². The first-order chi connectivity index (χ1) is 14.3. The molecule has 2 heterocycles. The minimum atomic E-state index is -3.67. The number of hydrogen-bond donors (Lipinski definition) is 1. The molecule has 1 aromatic carbocycles. The molecular formula is C22H26N4O3S. The molecule has 1 N–H and O–H groups in total. The Kier molecular flexibility index (Phi) is 5.71. The molecule has 30 heavy (non-hydrogen) atoms. The van der Waals surface area contributed by atoms with Crippen molar-refractivity contribution in [1.82, 2.24) is 19.7 Å². The summed E-state index contributed by atoms with van der Waals surface area (Å²) < 4.78 is 35.0. The van der Waals surface area contributed by atoms with E-state index in [-0.39, 0.29) is 17.0 Å². The number of benzene rings is 1. The lowest BCUT2D eigenvalue weighted by atomic mass is 9.94. The predicted octanol–water partition coefficient (Wildman–Crippen LogP) is 3.62. The highest BCUT2D eigenvalue weighted by Gasteiger charge is 2.28. The summed E-state index contributed by atoms with van der Waals surface area (Å²) in [6.45, 7) is 5.69. The van der Waals surface area contributed by atoms with Crippen LogP contribution in [0.3, 0.4) is 0 Å². The van der Waals surface area contributed by atoms with E-state index in [9.17, 15) is 8.42 Å². The van der Waals surface area contributed by atoms with Gasteiger partial charge in [-0.3, -0.25) is 4.98 Å². The summed E-state index contributed by atoms with van der Waals surface area (Å²) in [7, 11) is -3.67. The maximum Gasteiger partial charge on any atom is 0.317 e. The average molecular weight is 427 g/mol. The van der Waals surface area contributed by atoms with Crippen molar-refractivity contribution in [2.75, 3.05) is 0 Å². The Morgan fingerprint density at radius 1 is 0.900 bits per heavy atom. The SMILES string of the molecule is Cc1cc(C)nc(OC2CCC(NS(=O)(=O)c3cccc4ccc(C)nc34)CC2)n1. The van der Waals surface area contributed by atoms with Gasteiger partial charge in [0.15, 0.2) is 0 Å². The number of sulfonamides is 1. The molecule has 1 saturated carbocycles. The molecule has 0 aliphatic heterocycles. The number of nitrogens with one attached hydrogen (secondary N) is 1. The van der Waals surface area contributed by atoms with Gasteiger partial charge in [0.05, 0.1) is 5.52 Å². The third-order valence-corrected chi connectivity index (χ3v) is 6.89. The fourth-order valence-electron chi connectivity index (χ4n) is 3.91. The van der Waals surface area contributed by atoms with E-state index in [0.29, 0.717) is 24.4 Å². The highest BCUT2D eigenvalue weighted by Crippen LogP contribution is 2.26. The molecule has 3 aromatic rings. The van der Waals surface area contributed by atoms with Gasteiger partial charge in [-0.1, -0.05) is 18.2 Å². The molecule has 0 bridgehead atoms. The van der Waals surface area contributed by atoms with E-state index in [1.165, 1.54) is 0 Å². The van der Waals surface area contributed by atoms with Gasteiger partial charge in [0, 0.05) is 28.5 Å². The van der Waals surface area contributed by atoms with Crippen LogP contribution < -0.4 is 9.46 Å². The number of rotatable bonds is 5. The minimum Gasteiger partial charge on any atom is -0.460 e. The summed E-state index contributed by atoms with van der Waals surface area (Å²) in [5.41, 5.74) is 3.04. The molecule has 0 radical (unpaired) electrons. The summed E-state index contributed by atoms with van der Waals surface area (Å²) in [5, 5.41) is 0.814. The minimum absolute atomic E-state index is 0.00572. The highest BCUT2D eigenvalue weighted by molar-refractivity contribution is 7.89. The van der Waals surface area contributed by atoms with Crippen molar-refractivity contribution < 1.29 is 13.2 Å². The molecule has 8 heteroatoms. The van der Waals surface area contributed by atoms with Gasteiger partial charge in [-0.05, 0) is 64.7 Å². The normalized spacial score (nSPS) is 19.7. The lowest BCUT2D eigenvalue weighted by molar-refractivity contribution is 0.131. The number of ether oxygens (including phenoxy) is 1. The Hall–Kier alpha value is -2.58. The first-order valence-corrected chi connectivity index (χ1v) is 11.7. The maximum absolute atomic E-state index is 13.1. The molecule has 0 atom stereocenters. The van der Waals surface area contributed by atoms with E-state index in [1.807, 2.05) is 45.0 Å². The van der Waals surface area contributed by atoms with Crippen molar-refractivity contribution in [3.05, 3.63) is 53.5 Å². The zero-order chi connectivity index (χ0) is 21.3. The summed E-state index contributed by atoms with van der Waals surface area (Å²) in [6, 6.07) is 11.2. The number of aromatic nitrogens is 3.